The molecule has 0 atom stereocenters. The zero-order chi connectivity index (χ0) is 15.6. The fraction of sp³-hybridized carbons (Fsp3) is 0.462. The van der Waals surface area contributed by atoms with Crippen molar-refractivity contribution >= 4 is 27.0 Å². The lowest BCUT2D eigenvalue weighted by Crippen LogP contribution is -2.18. The van der Waals surface area contributed by atoms with E-state index in [9.17, 15) is 8.42 Å². The average Bonchev–Trinajstić information content (AvgIpc) is 2.94. The second-order valence-corrected chi connectivity index (χ2v) is 7.45. The SMILES string of the molecule is CCNCc1scc(C)c1S(=O)(=O)Nc1c(C)n[nH]c1C. The van der Waals surface area contributed by atoms with Crippen molar-refractivity contribution in [3.63, 3.8) is 0 Å². The Morgan fingerprint density at radius 3 is 2.62 bits per heavy atom. The topological polar surface area (TPSA) is 86.9 Å². The van der Waals surface area contributed by atoms with E-state index in [1.807, 2.05) is 19.2 Å². The number of aromatic amines is 1. The number of nitrogens with one attached hydrogen (secondary N) is 3. The zero-order valence-corrected chi connectivity index (χ0v) is 14.2. The van der Waals surface area contributed by atoms with Crippen LogP contribution in [0.3, 0.4) is 0 Å². The second-order valence-electron chi connectivity index (χ2n) is 4.87. The molecule has 2 aromatic heterocycles. The summed E-state index contributed by atoms with van der Waals surface area (Å²) in [5.74, 6) is 0. The molecule has 6 nitrogen and oxygen atoms in total. The van der Waals surface area contributed by atoms with Crippen molar-refractivity contribution < 1.29 is 8.42 Å². The minimum Gasteiger partial charge on any atom is -0.312 e. The summed E-state index contributed by atoms with van der Waals surface area (Å²) in [6.07, 6.45) is 0. The van der Waals surface area contributed by atoms with Crippen LogP contribution in [-0.4, -0.2) is 25.2 Å². The van der Waals surface area contributed by atoms with Gasteiger partial charge in [0.2, 0.25) is 0 Å². The third-order valence-electron chi connectivity index (χ3n) is 3.16. The number of H-pyrrole nitrogens is 1. The maximum Gasteiger partial charge on any atom is 0.263 e. The molecule has 0 unspecified atom stereocenters. The summed E-state index contributed by atoms with van der Waals surface area (Å²) in [7, 11) is -3.62. The molecule has 3 N–H and O–H groups in total. The first-order valence-electron chi connectivity index (χ1n) is 6.69. The molecule has 0 amide bonds. The predicted octanol–water partition coefficient (Wildman–Crippen LogP) is 2.31. The van der Waals surface area contributed by atoms with E-state index in [0.717, 1.165) is 17.0 Å². The lowest BCUT2D eigenvalue weighted by molar-refractivity contribution is 0.598. The van der Waals surface area contributed by atoms with E-state index >= 15 is 0 Å². The molecule has 116 valence electrons. The minimum absolute atomic E-state index is 0.369. The highest BCUT2D eigenvalue weighted by molar-refractivity contribution is 7.93. The molecule has 2 rings (SSSR count). The number of anilines is 1. The minimum atomic E-state index is -3.62. The third-order valence-corrected chi connectivity index (χ3v) is 5.97. The molecule has 21 heavy (non-hydrogen) atoms. The van der Waals surface area contributed by atoms with Crippen LogP contribution >= 0.6 is 11.3 Å². The molecule has 0 aliphatic carbocycles. The number of rotatable bonds is 6. The molecule has 0 spiro atoms. The van der Waals surface area contributed by atoms with Crippen molar-refractivity contribution in [2.24, 2.45) is 0 Å². The number of aromatic nitrogens is 2. The van der Waals surface area contributed by atoms with Gasteiger partial charge in [-0.3, -0.25) is 9.82 Å². The Bertz CT molecular complexity index is 712. The van der Waals surface area contributed by atoms with E-state index in [1.54, 1.807) is 13.8 Å². The van der Waals surface area contributed by atoms with Gasteiger partial charge in [-0.1, -0.05) is 6.92 Å². The van der Waals surface area contributed by atoms with E-state index in [-0.39, 0.29) is 0 Å². The summed E-state index contributed by atoms with van der Waals surface area (Å²) in [5.41, 5.74) is 2.63. The van der Waals surface area contributed by atoms with Crippen molar-refractivity contribution in [1.82, 2.24) is 15.5 Å². The molecular formula is C13H20N4O2S2. The van der Waals surface area contributed by atoms with Crippen molar-refractivity contribution in [1.29, 1.82) is 0 Å². The third kappa shape index (κ3) is 3.28. The van der Waals surface area contributed by atoms with Crippen LogP contribution in [0.4, 0.5) is 5.69 Å². The van der Waals surface area contributed by atoms with Gasteiger partial charge in [0.15, 0.2) is 0 Å². The first-order chi connectivity index (χ1) is 9.86. The Morgan fingerprint density at radius 2 is 2.05 bits per heavy atom. The highest BCUT2D eigenvalue weighted by Crippen LogP contribution is 2.29. The van der Waals surface area contributed by atoms with Crippen LogP contribution in [0.2, 0.25) is 0 Å². The van der Waals surface area contributed by atoms with Gasteiger partial charge in [-0.05, 0) is 38.3 Å². The monoisotopic (exact) mass is 328 g/mol. The van der Waals surface area contributed by atoms with Crippen LogP contribution in [0.1, 0.15) is 28.8 Å². The summed E-state index contributed by atoms with van der Waals surface area (Å²) >= 11 is 1.46. The Hall–Kier alpha value is -1.38. The lowest BCUT2D eigenvalue weighted by Gasteiger charge is -2.10. The molecule has 2 aromatic rings. The highest BCUT2D eigenvalue weighted by atomic mass is 32.2. The summed E-state index contributed by atoms with van der Waals surface area (Å²) in [5, 5.41) is 11.8. The molecule has 0 bridgehead atoms. The molecule has 0 aliphatic heterocycles. The number of nitrogens with zero attached hydrogens (tertiary/aromatic N) is 1. The van der Waals surface area contributed by atoms with Gasteiger partial charge in [-0.15, -0.1) is 11.3 Å². The normalized spacial score (nSPS) is 11.8. The van der Waals surface area contributed by atoms with Crippen molar-refractivity contribution in [2.75, 3.05) is 11.3 Å². The Labute approximate surface area is 129 Å². The molecule has 0 saturated heterocycles. The van der Waals surface area contributed by atoms with Gasteiger partial charge in [-0.2, -0.15) is 5.10 Å². The second kappa shape index (κ2) is 6.17. The van der Waals surface area contributed by atoms with Gasteiger partial charge in [0.1, 0.15) is 4.90 Å². The first-order valence-corrected chi connectivity index (χ1v) is 9.05. The molecule has 0 aromatic carbocycles. The molecule has 0 radical (unpaired) electrons. The lowest BCUT2D eigenvalue weighted by atomic mass is 10.3. The van der Waals surface area contributed by atoms with E-state index < -0.39 is 10.0 Å². The molecule has 2 heterocycles. The summed E-state index contributed by atoms with van der Waals surface area (Å²) in [6, 6.07) is 0. The van der Waals surface area contributed by atoms with Gasteiger partial charge in [0.25, 0.3) is 10.0 Å². The van der Waals surface area contributed by atoms with Gasteiger partial charge >= 0.3 is 0 Å². The molecule has 0 saturated carbocycles. The average molecular weight is 328 g/mol. The molecule has 8 heteroatoms. The van der Waals surface area contributed by atoms with Crippen molar-refractivity contribution in [2.45, 2.75) is 39.1 Å². The van der Waals surface area contributed by atoms with Crippen LogP contribution in [-0.2, 0) is 16.6 Å². The Balaban J connectivity index is 2.38. The van der Waals surface area contributed by atoms with Crippen LogP contribution < -0.4 is 10.0 Å². The van der Waals surface area contributed by atoms with Crippen LogP contribution in [0, 0.1) is 20.8 Å². The quantitative estimate of drug-likeness (QED) is 0.759. The fourth-order valence-electron chi connectivity index (χ4n) is 2.10. The van der Waals surface area contributed by atoms with E-state index in [1.165, 1.54) is 11.3 Å². The summed E-state index contributed by atoms with van der Waals surface area (Å²) < 4.78 is 28.0. The van der Waals surface area contributed by atoms with Gasteiger partial charge in [0.05, 0.1) is 17.1 Å². The van der Waals surface area contributed by atoms with Crippen LogP contribution in [0.25, 0.3) is 0 Å². The number of thiophene rings is 1. The smallest absolute Gasteiger partial charge is 0.263 e. The summed E-state index contributed by atoms with van der Waals surface area (Å²) in [4.78, 5) is 1.19. The van der Waals surface area contributed by atoms with Crippen molar-refractivity contribution in [3.05, 3.63) is 27.2 Å². The maximum atomic E-state index is 12.7. The number of hydrogen-bond acceptors (Lipinski definition) is 5. The molecule has 0 aliphatic rings. The van der Waals surface area contributed by atoms with Crippen LogP contribution in [0.15, 0.2) is 10.3 Å². The van der Waals surface area contributed by atoms with E-state index in [2.05, 4.69) is 20.2 Å². The zero-order valence-electron chi connectivity index (χ0n) is 12.6. The van der Waals surface area contributed by atoms with Gasteiger partial charge in [-0.25, -0.2) is 8.42 Å². The largest absolute Gasteiger partial charge is 0.312 e. The standard InChI is InChI=1S/C13H20N4O2S2/c1-5-14-6-11-13(8(2)7-20-11)21(18,19)17-12-9(3)15-16-10(12)4/h7,14,17H,5-6H2,1-4H3,(H,15,16). The fourth-order valence-corrected chi connectivity index (χ4v) is 5.06. The van der Waals surface area contributed by atoms with E-state index in [0.29, 0.717) is 28.5 Å². The van der Waals surface area contributed by atoms with Gasteiger partial charge in [0, 0.05) is 11.4 Å². The van der Waals surface area contributed by atoms with Crippen LogP contribution in [0.5, 0.6) is 0 Å². The number of aryl methyl sites for hydroxylation is 3. The number of hydrogen-bond donors (Lipinski definition) is 3. The highest BCUT2D eigenvalue weighted by Gasteiger charge is 2.24. The number of sulfonamides is 1. The maximum absolute atomic E-state index is 12.7. The van der Waals surface area contributed by atoms with Crippen molar-refractivity contribution in [3.8, 4) is 0 Å². The van der Waals surface area contributed by atoms with Gasteiger partial charge < -0.3 is 5.32 Å². The Kier molecular flexibility index (Phi) is 4.70. The first kappa shape index (κ1) is 16.0. The molecule has 0 fully saturated rings. The Morgan fingerprint density at radius 1 is 1.33 bits per heavy atom. The predicted molar refractivity (Wildman–Crippen MR) is 85.3 cm³/mol. The summed E-state index contributed by atoms with van der Waals surface area (Å²) in [6.45, 7) is 8.71. The molecular weight excluding hydrogens is 308 g/mol. The van der Waals surface area contributed by atoms with E-state index in [4.69, 9.17) is 0 Å².